The van der Waals surface area contributed by atoms with Crippen LogP contribution >= 0.6 is 0 Å². The van der Waals surface area contributed by atoms with Crippen LogP contribution in [0.3, 0.4) is 0 Å². The first-order chi connectivity index (χ1) is 10.3. The van der Waals surface area contributed by atoms with Crippen LogP contribution in [0.2, 0.25) is 0 Å². The number of unbranched alkanes of at least 4 members (excludes halogenated alkanes) is 2. The van der Waals surface area contributed by atoms with E-state index in [4.69, 9.17) is 4.55 Å². The number of nitrogens with zero attached hydrogens (tertiary/aromatic N) is 1. The van der Waals surface area contributed by atoms with Gasteiger partial charge in [-0.1, -0.05) is 6.92 Å². The van der Waals surface area contributed by atoms with Crippen LogP contribution in [-0.4, -0.2) is 73.2 Å². The number of piperazine rings is 1. The molecule has 22 heavy (non-hydrogen) atoms. The second-order valence-electron chi connectivity index (χ2n) is 5.07. The highest BCUT2D eigenvalue weighted by Crippen LogP contribution is 2.19. The Bertz CT molecular complexity index is 414. The quantitative estimate of drug-likeness (QED) is 0.305. The second-order valence-corrected chi connectivity index (χ2v) is 6.78. The van der Waals surface area contributed by atoms with Gasteiger partial charge in [-0.15, -0.1) is 0 Å². The maximum atomic E-state index is 11.0. The van der Waals surface area contributed by atoms with Gasteiger partial charge in [0.1, 0.15) is 12.6 Å². The van der Waals surface area contributed by atoms with Gasteiger partial charge in [0.2, 0.25) is 4.93 Å². The van der Waals surface area contributed by atoms with E-state index in [1.165, 1.54) is 6.92 Å². The van der Waals surface area contributed by atoms with Gasteiger partial charge in [-0.3, -0.25) is 9.45 Å². The predicted molar refractivity (Wildman–Crippen MR) is 82.1 cm³/mol. The molecule has 0 bridgehead atoms. The molecular formula is C13H26N2O6S. The van der Waals surface area contributed by atoms with Crippen molar-refractivity contribution in [3.05, 3.63) is 0 Å². The van der Waals surface area contributed by atoms with Gasteiger partial charge < -0.3 is 20.0 Å². The molecule has 1 atom stereocenters. The summed E-state index contributed by atoms with van der Waals surface area (Å²) in [5.41, 5.74) is 0. The SMILES string of the molecule is CCC(O)(CN1CCNCC1)S(=O)(=O)O.O=CCCCC=O. The van der Waals surface area contributed by atoms with Crippen molar-refractivity contribution in [3.8, 4) is 0 Å². The van der Waals surface area contributed by atoms with Crippen molar-refractivity contribution in [2.24, 2.45) is 0 Å². The van der Waals surface area contributed by atoms with Gasteiger partial charge in [-0.2, -0.15) is 8.42 Å². The summed E-state index contributed by atoms with van der Waals surface area (Å²) in [6, 6.07) is 0. The number of aliphatic hydroxyl groups is 1. The Morgan fingerprint density at radius 3 is 2.05 bits per heavy atom. The lowest BCUT2D eigenvalue weighted by atomic mass is 10.2. The van der Waals surface area contributed by atoms with Crippen molar-refractivity contribution in [2.75, 3.05) is 32.7 Å². The molecule has 0 aromatic heterocycles. The number of nitrogens with one attached hydrogen (secondary N) is 1. The molecule has 1 saturated heterocycles. The summed E-state index contributed by atoms with van der Waals surface area (Å²) in [4.78, 5) is 18.9. The molecule has 0 spiro atoms. The first kappa shape index (κ1) is 21.1. The standard InChI is InChI=1S/C8H18N2O4S.C5H8O2/c1-2-8(11,15(12,13)14)7-10-5-3-9-4-6-10;6-4-2-1-3-5-7/h9,11H,2-7H2,1H3,(H,12,13,14);4-5H,1-3H2. The number of carbonyl (C=O) groups is 2. The number of hydrogen-bond donors (Lipinski definition) is 3. The molecule has 8 nitrogen and oxygen atoms in total. The summed E-state index contributed by atoms with van der Waals surface area (Å²) in [5, 5.41) is 12.9. The van der Waals surface area contributed by atoms with Crippen molar-refractivity contribution in [3.63, 3.8) is 0 Å². The summed E-state index contributed by atoms with van der Waals surface area (Å²) in [5.74, 6) is 0. The molecular weight excluding hydrogens is 312 g/mol. The molecule has 1 aliphatic rings. The number of aldehydes is 2. The lowest BCUT2D eigenvalue weighted by Crippen LogP contribution is -2.53. The van der Waals surface area contributed by atoms with Gasteiger partial charge >= 0.3 is 0 Å². The summed E-state index contributed by atoms with van der Waals surface area (Å²) >= 11 is 0. The number of rotatable bonds is 8. The van der Waals surface area contributed by atoms with Crippen LogP contribution in [0.1, 0.15) is 32.6 Å². The minimum absolute atomic E-state index is 0.0181. The minimum atomic E-state index is -4.42. The monoisotopic (exact) mass is 338 g/mol. The Labute approximate surface area is 131 Å². The topological polar surface area (TPSA) is 124 Å². The third-order valence-corrected chi connectivity index (χ3v) is 4.73. The van der Waals surface area contributed by atoms with E-state index in [1.807, 2.05) is 4.90 Å². The maximum absolute atomic E-state index is 11.0. The van der Waals surface area contributed by atoms with E-state index < -0.39 is 15.1 Å². The smallest absolute Gasteiger partial charge is 0.296 e. The Hall–Kier alpha value is -0.870. The molecule has 1 heterocycles. The molecule has 1 fully saturated rings. The van der Waals surface area contributed by atoms with Crippen LogP contribution in [0, 0.1) is 0 Å². The summed E-state index contributed by atoms with van der Waals surface area (Å²) in [7, 11) is -4.42. The highest BCUT2D eigenvalue weighted by molar-refractivity contribution is 7.87. The lowest BCUT2D eigenvalue weighted by Gasteiger charge is -2.33. The van der Waals surface area contributed by atoms with Crippen LogP contribution < -0.4 is 5.32 Å². The Kier molecular flexibility index (Phi) is 10.4. The first-order valence-corrected chi connectivity index (χ1v) is 8.74. The van der Waals surface area contributed by atoms with Gasteiger partial charge in [0.15, 0.2) is 0 Å². The Balaban J connectivity index is 0.000000534. The summed E-state index contributed by atoms with van der Waals surface area (Å²) < 4.78 is 31.0. The largest absolute Gasteiger partial charge is 0.371 e. The third kappa shape index (κ3) is 7.95. The third-order valence-electron chi connectivity index (χ3n) is 3.36. The van der Waals surface area contributed by atoms with Crippen molar-refractivity contribution in [2.45, 2.75) is 37.5 Å². The van der Waals surface area contributed by atoms with E-state index in [-0.39, 0.29) is 13.0 Å². The van der Waals surface area contributed by atoms with Gasteiger partial charge in [0.25, 0.3) is 10.1 Å². The van der Waals surface area contributed by atoms with Crippen LogP contribution in [0.5, 0.6) is 0 Å². The van der Waals surface area contributed by atoms with Crippen molar-refractivity contribution < 1.29 is 27.7 Å². The summed E-state index contributed by atoms with van der Waals surface area (Å²) in [6.07, 6.45) is 3.35. The van der Waals surface area contributed by atoms with E-state index >= 15 is 0 Å². The van der Waals surface area contributed by atoms with Crippen LogP contribution in [0.4, 0.5) is 0 Å². The highest BCUT2D eigenvalue weighted by Gasteiger charge is 2.40. The molecule has 0 amide bonds. The highest BCUT2D eigenvalue weighted by atomic mass is 32.2. The van der Waals surface area contributed by atoms with Crippen LogP contribution in [0.25, 0.3) is 0 Å². The first-order valence-electron chi connectivity index (χ1n) is 7.30. The van der Waals surface area contributed by atoms with E-state index in [0.29, 0.717) is 32.4 Å². The molecule has 0 aliphatic carbocycles. The van der Waals surface area contributed by atoms with E-state index in [2.05, 4.69) is 5.32 Å². The number of carbonyl (C=O) groups excluding carboxylic acids is 2. The molecule has 0 aromatic rings. The molecule has 0 aromatic carbocycles. The number of β-amino-alcohol motifs (C(OH)–C–C–N with tert-alkyl or cyclic N) is 1. The van der Waals surface area contributed by atoms with Crippen molar-refractivity contribution >= 4 is 22.7 Å². The Morgan fingerprint density at radius 1 is 1.18 bits per heavy atom. The fraction of sp³-hybridized carbons (Fsp3) is 0.846. The lowest BCUT2D eigenvalue weighted by molar-refractivity contribution is -0.108. The molecule has 9 heteroatoms. The zero-order valence-corrected chi connectivity index (χ0v) is 13.7. The van der Waals surface area contributed by atoms with Crippen LogP contribution in [-0.2, 0) is 19.7 Å². The van der Waals surface area contributed by atoms with Gasteiger partial charge in [0, 0.05) is 45.6 Å². The molecule has 1 rings (SSSR count). The zero-order valence-electron chi connectivity index (χ0n) is 12.9. The molecule has 130 valence electrons. The fourth-order valence-corrected chi connectivity index (χ4v) is 2.59. The van der Waals surface area contributed by atoms with Gasteiger partial charge in [-0.05, 0) is 12.8 Å². The minimum Gasteiger partial charge on any atom is -0.371 e. The zero-order chi connectivity index (χ0) is 17.1. The van der Waals surface area contributed by atoms with E-state index in [1.54, 1.807) is 0 Å². The van der Waals surface area contributed by atoms with Crippen molar-refractivity contribution in [1.29, 1.82) is 0 Å². The molecule has 1 aliphatic heterocycles. The van der Waals surface area contributed by atoms with E-state index in [9.17, 15) is 23.1 Å². The van der Waals surface area contributed by atoms with Gasteiger partial charge in [0.05, 0.1) is 0 Å². The molecule has 0 saturated carbocycles. The molecule has 1 unspecified atom stereocenters. The summed E-state index contributed by atoms with van der Waals surface area (Å²) in [6.45, 7) is 4.40. The van der Waals surface area contributed by atoms with E-state index in [0.717, 1.165) is 25.7 Å². The maximum Gasteiger partial charge on any atom is 0.296 e. The molecule has 3 N–H and O–H groups in total. The fourth-order valence-electron chi connectivity index (χ4n) is 1.88. The predicted octanol–water partition coefficient (Wildman–Crippen LogP) is -0.567. The number of hydrogen-bond acceptors (Lipinski definition) is 7. The average Bonchev–Trinajstić information content (AvgIpc) is 2.48. The molecule has 0 radical (unpaired) electrons. The normalized spacial score (nSPS) is 18.7. The van der Waals surface area contributed by atoms with Crippen molar-refractivity contribution in [1.82, 2.24) is 10.2 Å². The average molecular weight is 338 g/mol. The van der Waals surface area contributed by atoms with Gasteiger partial charge in [-0.25, -0.2) is 0 Å². The second kappa shape index (κ2) is 10.8. The Morgan fingerprint density at radius 2 is 1.68 bits per heavy atom. The van der Waals surface area contributed by atoms with Crippen LogP contribution in [0.15, 0.2) is 0 Å².